The molecule has 4 rings (SSSR count). The van der Waals surface area contributed by atoms with Gasteiger partial charge in [-0.15, -0.1) is 0 Å². The van der Waals surface area contributed by atoms with Crippen LogP contribution in [0.15, 0.2) is 29.1 Å². The van der Waals surface area contributed by atoms with E-state index in [4.69, 9.17) is 0 Å². The molecule has 9 heteroatoms. The number of carbonyl (C=O) groups excluding carboxylic acids is 1. The molecule has 8 nitrogen and oxygen atoms in total. The van der Waals surface area contributed by atoms with E-state index in [9.17, 15) is 9.59 Å². The number of amides is 1. The number of anilines is 1. The maximum atomic E-state index is 12.5. The van der Waals surface area contributed by atoms with Gasteiger partial charge in [0.25, 0.3) is 5.56 Å². The molecule has 30 heavy (non-hydrogen) atoms. The van der Waals surface area contributed by atoms with Gasteiger partial charge in [-0.1, -0.05) is 23.5 Å². The van der Waals surface area contributed by atoms with Crippen LogP contribution in [0.3, 0.4) is 0 Å². The number of hydrogen-bond acceptors (Lipinski definition) is 6. The predicted octanol–water partition coefficient (Wildman–Crippen LogP) is 3.37. The number of H-pyrrole nitrogens is 1. The minimum Gasteiger partial charge on any atom is -0.302 e. The molecule has 3 aromatic heterocycles. The Labute approximate surface area is 177 Å². The smallest absolute Gasteiger partial charge is 0.252 e. The lowest BCUT2D eigenvalue weighted by Gasteiger charge is -2.05. The van der Waals surface area contributed by atoms with Crippen molar-refractivity contribution < 1.29 is 4.79 Å². The Hall–Kier alpha value is -3.33. The van der Waals surface area contributed by atoms with Crippen molar-refractivity contribution in [2.75, 3.05) is 5.32 Å². The summed E-state index contributed by atoms with van der Waals surface area (Å²) in [6.07, 6.45) is 0.837. The molecule has 0 aliphatic rings. The highest BCUT2D eigenvalue weighted by molar-refractivity contribution is 7.22. The number of nitrogens with one attached hydrogen (secondary N) is 2. The minimum atomic E-state index is -0.225. The third-order valence-corrected chi connectivity index (χ3v) is 5.90. The summed E-state index contributed by atoms with van der Waals surface area (Å²) in [5.41, 5.74) is 5.03. The Bertz CT molecular complexity index is 1320. The number of rotatable bonds is 5. The highest BCUT2D eigenvalue weighted by Crippen LogP contribution is 2.28. The third kappa shape index (κ3) is 3.88. The van der Waals surface area contributed by atoms with Crippen LogP contribution in [-0.2, 0) is 11.2 Å². The van der Waals surface area contributed by atoms with Gasteiger partial charge in [0, 0.05) is 23.9 Å². The molecule has 0 spiro atoms. The Morgan fingerprint density at radius 3 is 2.73 bits per heavy atom. The molecule has 0 saturated carbocycles. The van der Waals surface area contributed by atoms with Crippen LogP contribution < -0.4 is 10.9 Å². The molecule has 1 amide bonds. The molecule has 0 bridgehead atoms. The molecule has 0 atom stereocenters. The van der Waals surface area contributed by atoms with Gasteiger partial charge < -0.3 is 5.32 Å². The number of nitrogens with zero attached hydrogens (tertiary/aromatic N) is 4. The molecular weight excluding hydrogens is 400 g/mol. The summed E-state index contributed by atoms with van der Waals surface area (Å²) in [6.45, 7) is 7.57. The molecule has 2 N–H and O–H groups in total. The molecule has 0 fully saturated rings. The average molecular weight is 423 g/mol. The van der Waals surface area contributed by atoms with Crippen LogP contribution in [0.1, 0.15) is 34.6 Å². The van der Waals surface area contributed by atoms with Gasteiger partial charge in [-0.05, 0) is 51.3 Å². The van der Waals surface area contributed by atoms with Gasteiger partial charge >= 0.3 is 0 Å². The van der Waals surface area contributed by atoms with E-state index in [-0.39, 0.29) is 11.5 Å². The lowest BCUT2D eigenvalue weighted by molar-refractivity contribution is -0.116. The zero-order valence-corrected chi connectivity index (χ0v) is 18.1. The molecule has 0 aliphatic carbocycles. The van der Waals surface area contributed by atoms with Crippen LogP contribution in [0.2, 0.25) is 0 Å². The Kier molecular flexibility index (Phi) is 5.21. The average Bonchev–Trinajstić information content (AvgIpc) is 3.20. The molecule has 4 aromatic rings. The highest BCUT2D eigenvalue weighted by Gasteiger charge is 2.16. The first-order valence-electron chi connectivity index (χ1n) is 9.61. The van der Waals surface area contributed by atoms with Crippen molar-refractivity contribution in [3.8, 4) is 5.95 Å². The lowest BCUT2D eigenvalue weighted by Crippen LogP contribution is -2.15. The van der Waals surface area contributed by atoms with Crippen LogP contribution in [0.25, 0.3) is 16.2 Å². The number of fused-ring (bicyclic) bond motifs is 1. The van der Waals surface area contributed by atoms with Gasteiger partial charge in [0.2, 0.25) is 11.9 Å². The van der Waals surface area contributed by atoms with Crippen molar-refractivity contribution in [3.05, 3.63) is 62.8 Å². The molecule has 154 valence electrons. The van der Waals surface area contributed by atoms with Crippen molar-refractivity contribution in [1.29, 1.82) is 0 Å². The first kappa shape index (κ1) is 20.0. The number of para-hydroxylation sites is 1. The quantitative estimate of drug-likeness (QED) is 0.513. The number of aromatic amines is 1. The maximum Gasteiger partial charge on any atom is 0.252 e. The first-order valence-corrected chi connectivity index (χ1v) is 10.4. The summed E-state index contributed by atoms with van der Waals surface area (Å²) in [5, 5.41) is 8.01. The Morgan fingerprint density at radius 2 is 2.00 bits per heavy atom. The second-order valence-electron chi connectivity index (χ2n) is 7.26. The summed E-state index contributed by atoms with van der Waals surface area (Å²) in [5.74, 6) is 0.279. The standard InChI is InChI=1S/C21H22N6O2S/c1-11-6-5-7-16-19(11)25-21(30-16)24-17(28)9-8-15-13(3)26-27(14(15)4)20-22-12(2)10-18(29)23-20/h5-7,10H,8-9H2,1-4H3,(H,22,23,29)(H,24,25,28). The minimum absolute atomic E-state index is 0.0969. The van der Waals surface area contributed by atoms with Crippen molar-refractivity contribution in [2.45, 2.75) is 40.5 Å². The molecular formula is C21H22N6O2S. The second kappa shape index (κ2) is 7.83. The van der Waals surface area contributed by atoms with Gasteiger partial charge in [-0.25, -0.2) is 14.6 Å². The van der Waals surface area contributed by atoms with Crippen molar-refractivity contribution in [1.82, 2.24) is 24.7 Å². The zero-order chi connectivity index (χ0) is 21.4. The molecule has 1 aromatic carbocycles. The van der Waals surface area contributed by atoms with Gasteiger partial charge in [-0.3, -0.25) is 14.6 Å². The fourth-order valence-electron chi connectivity index (χ4n) is 3.47. The largest absolute Gasteiger partial charge is 0.302 e. The van der Waals surface area contributed by atoms with Gasteiger partial charge in [0.1, 0.15) is 0 Å². The first-order chi connectivity index (χ1) is 14.3. The zero-order valence-electron chi connectivity index (χ0n) is 17.2. The van der Waals surface area contributed by atoms with Gasteiger partial charge in [-0.2, -0.15) is 5.10 Å². The van der Waals surface area contributed by atoms with E-state index in [1.54, 1.807) is 11.6 Å². The summed E-state index contributed by atoms with van der Waals surface area (Å²) < 4.78 is 2.67. The monoisotopic (exact) mass is 422 g/mol. The maximum absolute atomic E-state index is 12.5. The van der Waals surface area contributed by atoms with E-state index in [2.05, 4.69) is 25.4 Å². The van der Waals surface area contributed by atoms with Crippen molar-refractivity contribution in [3.63, 3.8) is 0 Å². The van der Waals surface area contributed by atoms with Crippen molar-refractivity contribution >= 4 is 32.6 Å². The van der Waals surface area contributed by atoms with Gasteiger partial charge in [0.15, 0.2) is 5.13 Å². The second-order valence-corrected chi connectivity index (χ2v) is 8.29. The fraction of sp³-hybridized carbons (Fsp3) is 0.286. The summed E-state index contributed by atoms with van der Waals surface area (Å²) >= 11 is 1.47. The Balaban J connectivity index is 1.49. The third-order valence-electron chi connectivity index (χ3n) is 4.97. The lowest BCUT2D eigenvalue weighted by atomic mass is 10.1. The van der Waals surface area contributed by atoms with Crippen molar-refractivity contribution in [2.24, 2.45) is 0 Å². The van der Waals surface area contributed by atoms with Crippen LogP contribution >= 0.6 is 11.3 Å². The summed E-state index contributed by atoms with van der Waals surface area (Å²) in [6, 6.07) is 7.43. The van der Waals surface area contributed by atoms with Gasteiger partial charge in [0.05, 0.1) is 15.9 Å². The van der Waals surface area contributed by atoms with Crippen LogP contribution in [0, 0.1) is 27.7 Å². The van der Waals surface area contributed by atoms with Crippen LogP contribution in [-0.4, -0.2) is 30.6 Å². The van der Waals surface area contributed by atoms with Crippen LogP contribution in [0.5, 0.6) is 0 Å². The molecule has 0 radical (unpaired) electrons. The Morgan fingerprint density at radius 1 is 1.20 bits per heavy atom. The normalized spacial score (nSPS) is 11.2. The summed E-state index contributed by atoms with van der Waals surface area (Å²) in [4.78, 5) is 35.9. The van der Waals surface area contributed by atoms with Crippen LogP contribution in [0.4, 0.5) is 5.13 Å². The number of hydrogen-bond donors (Lipinski definition) is 2. The van der Waals surface area contributed by atoms with E-state index in [0.29, 0.717) is 29.6 Å². The number of thiazole rings is 1. The molecule has 0 unspecified atom stereocenters. The topological polar surface area (TPSA) is 106 Å². The SMILES string of the molecule is Cc1cc(=O)[nH]c(-n2nc(C)c(CCC(=O)Nc3nc4c(C)cccc4s3)c2C)n1. The number of carbonyl (C=O) groups is 1. The fourth-order valence-corrected chi connectivity index (χ4v) is 4.43. The van der Waals surface area contributed by atoms with E-state index in [1.165, 1.54) is 17.4 Å². The van der Waals surface area contributed by atoms with E-state index in [1.807, 2.05) is 39.0 Å². The number of aromatic nitrogens is 5. The number of benzene rings is 1. The molecule has 3 heterocycles. The molecule has 0 aliphatic heterocycles. The highest BCUT2D eigenvalue weighted by atomic mass is 32.1. The number of aryl methyl sites for hydroxylation is 3. The van der Waals surface area contributed by atoms with E-state index < -0.39 is 0 Å². The molecule has 0 saturated heterocycles. The van der Waals surface area contributed by atoms with E-state index in [0.717, 1.165) is 32.7 Å². The van der Waals surface area contributed by atoms with E-state index >= 15 is 0 Å². The predicted molar refractivity (Wildman–Crippen MR) is 117 cm³/mol. The summed E-state index contributed by atoms with van der Waals surface area (Å²) in [7, 11) is 0.